The van der Waals surface area contributed by atoms with Gasteiger partial charge >= 0.3 is 0 Å². The number of rotatable bonds is 4. The van der Waals surface area contributed by atoms with Crippen LogP contribution in [0.3, 0.4) is 0 Å². The highest BCUT2D eigenvalue weighted by Gasteiger charge is 2.38. The second kappa shape index (κ2) is 9.39. The van der Waals surface area contributed by atoms with E-state index in [9.17, 15) is 4.79 Å². The number of hydrogen-bond acceptors (Lipinski definition) is 3. The summed E-state index contributed by atoms with van der Waals surface area (Å²) in [5, 5.41) is 1.48. The highest BCUT2D eigenvalue weighted by atomic mass is 35.5. The molecule has 162 valence electrons. The first kappa shape index (κ1) is 21.1. The van der Waals surface area contributed by atoms with Crippen molar-refractivity contribution in [3.63, 3.8) is 0 Å². The molecular weight excluding hydrogens is 438 g/mol. The van der Waals surface area contributed by atoms with Crippen LogP contribution >= 0.6 is 23.4 Å². The largest absolute Gasteiger partial charge is 0.317 e. The van der Waals surface area contributed by atoms with Gasteiger partial charge in [-0.1, -0.05) is 49.1 Å². The van der Waals surface area contributed by atoms with Crippen LogP contribution in [0.15, 0.2) is 82.8 Å². The fourth-order valence-electron chi connectivity index (χ4n) is 4.32. The summed E-state index contributed by atoms with van der Waals surface area (Å²) < 4.78 is 2.06. The molecule has 0 atom stereocenters. The highest BCUT2D eigenvalue weighted by Crippen LogP contribution is 2.38. The predicted molar refractivity (Wildman–Crippen MR) is 134 cm³/mol. The summed E-state index contributed by atoms with van der Waals surface area (Å²) in [5.41, 5.74) is 2.83. The molecule has 4 nitrogen and oxygen atoms in total. The molecule has 2 aromatic carbocycles. The first-order valence-corrected chi connectivity index (χ1v) is 12.2. The number of amides is 1. The van der Waals surface area contributed by atoms with Gasteiger partial charge in [0.15, 0.2) is 5.17 Å². The molecule has 5 rings (SSSR count). The molecule has 0 unspecified atom stereocenters. The number of halogens is 1. The minimum Gasteiger partial charge on any atom is -0.317 e. The SMILES string of the molecule is O=C1/C(=C/c2cccn2-c2ccc(Cl)cc2)SC(=Nc2ccccc2)N1C1CCCCC1. The Labute approximate surface area is 197 Å². The Bertz CT molecular complexity index is 1160. The molecule has 1 amide bonds. The van der Waals surface area contributed by atoms with Crippen molar-refractivity contribution >= 4 is 46.2 Å². The lowest BCUT2D eigenvalue weighted by atomic mass is 9.94. The second-order valence-corrected chi connectivity index (χ2v) is 9.53. The number of amidine groups is 1. The zero-order valence-corrected chi connectivity index (χ0v) is 19.2. The summed E-state index contributed by atoms with van der Waals surface area (Å²) >= 11 is 7.53. The van der Waals surface area contributed by atoms with Crippen LogP contribution in [-0.2, 0) is 4.79 Å². The number of aliphatic imine (C=N–C) groups is 1. The van der Waals surface area contributed by atoms with Crippen molar-refractivity contribution in [2.75, 3.05) is 0 Å². The van der Waals surface area contributed by atoms with Crippen LogP contribution in [0.4, 0.5) is 5.69 Å². The van der Waals surface area contributed by atoms with Gasteiger partial charge in [0.1, 0.15) is 0 Å². The number of nitrogens with zero attached hydrogens (tertiary/aromatic N) is 3. The molecule has 1 aliphatic heterocycles. The Balaban J connectivity index is 1.51. The second-order valence-electron chi connectivity index (χ2n) is 8.09. The van der Waals surface area contributed by atoms with Crippen molar-refractivity contribution in [3.05, 3.63) is 88.5 Å². The Morgan fingerprint density at radius 3 is 2.44 bits per heavy atom. The van der Waals surface area contributed by atoms with Gasteiger partial charge in [-0.15, -0.1) is 0 Å². The summed E-state index contributed by atoms with van der Waals surface area (Å²) in [7, 11) is 0. The molecular formula is C26H24ClN3OS. The molecule has 0 spiro atoms. The van der Waals surface area contributed by atoms with Crippen molar-refractivity contribution < 1.29 is 4.79 Å². The molecule has 0 N–H and O–H groups in total. The Hall–Kier alpha value is -2.76. The maximum atomic E-state index is 13.6. The van der Waals surface area contributed by atoms with E-state index in [-0.39, 0.29) is 11.9 Å². The van der Waals surface area contributed by atoms with E-state index in [1.807, 2.05) is 83.9 Å². The molecule has 32 heavy (non-hydrogen) atoms. The Kier molecular flexibility index (Phi) is 6.19. The number of thioether (sulfide) groups is 1. The molecule has 6 heteroatoms. The molecule has 3 aromatic rings. The third-order valence-corrected chi connectivity index (χ3v) is 7.16. The van der Waals surface area contributed by atoms with E-state index in [4.69, 9.17) is 16.6 Å². The molecule has 2 fully saturated rings. The summed E-state index contributed by atoms with van der Waals surface area (Å²) in [4.78, 5) is 21.1. The molecule has 1 aliphatic carbocycles. The lowest BCUT2D eigenvalue weighted by Crippen LogP contribution is -2.40. The lowest BCUT2D eigenvalue weighted by molar-refractivity contribution is -0.124. The highest BCUT2D eigenvalue weighted by molar-refractivity contribution is 8.18. The van der Waals surface area contributed by atoms with Crippen LogP contribution in [0.2, 0.25) is 5.02 Å². The number of carbonyl (C=O) groups is 1. The predicted octanol–water partition coefficient (Wildman–Crippen LogP) is 7.07. The molecule has 2 heterocycles. The van der Waals surface area contributed by atoms with Crippen LogP contribution in [0, 0.1) is 0 Å². The van der Waals surface area contributed by atoms with E-state index >= 15 is 0 Å². The maximum absolute atomic E-state index is 13.6. The van der Waals surface area contributed by atoms with Crippen molar-refractivity contribution in [2.24, 2.45) is 4.99 Å². The topological polar surface area (TPSA) is 37.6 Å². The van der Waals surface area contributed by atoms with Crippen LogP contribution < -0.4 is 0 Å². The minimum absolute atomic E-state index is 0.0560. The first-order valence-electron chi connectivity index (χ1n) is 11.0. The van der Waals surface area contributed by atoms with Crippen LogP contribution in [-0.4, -0.2) is 26.6 Å². The van der Waals surface area contributed by atoms with Crippen LogP contribution in [0.5, 0.6) is 0 Å². The van der Waals surface area contributed by atoms with E-state index in [1.54, 1.807) is 0 Å². The van der Waals surface area contributed by atoms with Crippen molar-refractivity contribution in [1.82, 2.24) is 9.47 Å². The normalized spacial score (nSPS) is 19.9. The number of carbonyl (C=O) groups excluding carboxylic acids is 1. The summed E-state index contributed by atoms with van der Waals surface area (Å²) in [6, 6.07) is 21.8. The summed E-state index contributed by atoms with van der Waals surface area (Å²) in [6.45, 7) is 0. The zero-order chi connectivity index (χ0) is 21.9. The van der Waals surface area contributed by atoms with Crippen molar-refractivity contribution in [1.29, 1.82) is 0 Å². The monoisotopic (exact) mass is 461 g/mol. The third-order valence-electron chi connectivity index (χ3n) is 5.92. The molecule has 0 radical (unpaired) electrons. The van der Waals surface area contributed by atoms with Gasteiger partial charge < -0.3 is 4.57 Å². The van der Waals surface area contributed by atoms with Gasteiger partial charge in [-0.3, -0.25) is 9.69 Å². The minimum atomic E-state index is 0.0560. The first-order chi connectivity index (χ1) is 15.7. The smallest absolute Gasteiger partial charge is 0.267 e. The third kappa shape index (κ3) is 4.41. The molecule has 0 bridgehead atoms. The average Bonchev–Trinajstić information content (AvgIpc) is 3.40. The molecule has 2 aliphatic rings. The van der Waals surface area contributed by atoms with Crippen molar-refractivity contribution in [3.8, 4) is 5.69 Å². The van der Waals surface area contributed by atoms with Crippen molar-refractivity contribution in [2.45, 2.75) is 38.1 Å². The van der Waals surface area contributed by atoms with E-state index in [0.29, 0.717) is 9.93 Å². The summed E-state index contributed by atoms with van der Waals surface area (Å²) in [5.74, 6) is 0.0560. The van der Waals surface area contributed by atoms with E-state index < -0.39 is 0 Å². The summed E-state index contributed by atoms with van der Waals surface area (Å²) in [6.07, 6.45) is 9.62. The van der Waals surface area contributed by atoms with Gasteiger partial charge in [0, 0.05) is 28.6 Å². The molecule has 1 aromatic heterocycles. The van der Waals surface area contributed by atoms with E-state index in [2.05, 4.69) is 4.57 Å². The standard InChI is InChI=1S/C26H24ClN3OS/c27-19-13-15-21(16-14-19)29-17-7-12-23(29)18-24-25(31)30(22-10-5-2-6-11-22)26(32-24)28-20-8-3-1-4-9-20/h1,3-4,7-9,12-18,22H,2,5-6,10-11H2/b24-18-,28-26?. The molecule has 1 saturated heterocycles. The maximum Gasteiger partial charge on any atom is 0.267 e. The Morgan fingerprint density at radius 2 is 1.69 bits per heavy atom. The van der Waals surface area contributed by atoms with Gasteiger partial charge in [0.2, 0.25) is 0 Å². The fraction of sp³-hybridized carbons (Fsp3) is 0.231. The van der Waals surface area contributed by atoms with Gasteiger partial charge in [-0.25, -0.2) is 4.99 Å². The fourth-order valence-corrected chi connectivity index (χ4v) is 5.49. The van der Waals surface area contributed by atoms with Gasteiger partial charge in [0.05, 0.1) is 10.6 Å². The Morgan fingerprint density at radius 1 is 0.938 bits per heavy atom. The number of hydrogen-bond donors (Lipinski definition) is 0. The van der Waals surface area contributed by atoms with E-state index in [1.165, 1.54) is 18.2 Å². The number of benzene rings is 2. The van der Waals surface area contributed by atoms with Gasteiger partial charge in [-0.05, 0) is 79.2 Å². The van der Waals surface area contributed by atoms with Gasteiger partial charge in [0.25, 0.3) is 5.91 Å². The number of aromatic nitrogens is 1. The lowest BCUT2D eigenvalue weighted by Gasteiger charge is -2.30. The average molecular weight is 462 g/mol. The zero-order valence-electron chi connectivity index (χ0n) is 17.7. The van der Waals surface area contributed by atoms with Gasteiger partial charge in [-0.2, -0.15) is 0 Å². The van der Waals surface area contributed by atoms with Crippen LogP contribution in [0.25, 0.3) is 11.8 Å². The number of para-hydroxylation sites is 1. The molecule has 1 saturated carbocycles. The quantitative estimate of drug-likeness (QED) is 0.390. The van der Waals surface area contributed by atoms with E-state index in [0.717, 1.165) is 47.9 Å². The van der Waals surface area contributed by atoms with Crippen LogP contribution in [0.1, 0.15) is 37.8 Å².